The monoisotopic (exact) mass is 287 g/mol. The highest BCUT2D eigenvalue weighted by Crippen LogP contribution is 2.12. The van der Waals surface area contributed by atoms with Crippen LogP contribution in [0.4, 0.5) is 0 Å². The average molecular weight is 287 g/mol. The molecule has 3 nitrogen and oxygen atoms in total. The van der Waals surface area contributed by atoms with Crippen LogP contribution >= 0.6 is 0 Å². The fourth-order valence-electron chi connectivity index (χ4n) is 1.70. The van der Waals surface area contributed by atoms with Crippen molar-refractivity contribution in [2.45, 2.75) is 11.5 Å². The van der Waals surface area contributed by atoms with E-state index in [2.05, 4.69) is 0 Å². The summed E-state index contributed by atoms with van der Waals surface area (Å²) in [7, 11) is -2.87. The van der Waals surface area contributed by atoms with E-state index in [1.165, 1.54) is 5.41 Å². The molecule has 104 valence electrons. The number of rotatable bonds is 6. The lowest BCUT2D eigenvalue weighted by molar-refractivity contribution is 0.149. The molecule has 0 heterocycles. The highest BCUT2D eigenvalue weighted by atomic mass is 32.2. The molecule has 0 radical (unpaired) electrons. The topological polar surface area (TPSA) is 50.2 Å². The third kappa shape index (κ3) is 4.33. The van der Waals surface area contributed by atoms with E-state index in [9.17, 15) is 4.21 Å². The quantitative estimate of drug-likeness (QED) is 0.821. The van der Waals surface area contributed by atoms with Crippen LogP contribution in [0, 0.1) is 4.78 Å². The minimum Gasteiger partial charge on any atom is -0.373 e. The molecule has 1 atom stereocenters. The van der Waals surface area contributed by atoms with Gasteiger partial charge in [-0.05, 0) is 23.8 Å². The Labute approximate surface area is 119 Å². The van der Waals surface area contributed by atoms with Gasteiger partial charge in [-0.25, -0.2) is 8.99 Å². The Morgan fingerprint density at radius 3 is 2.25 bits per heavy atom. The number of ether oxygens (including phenoxy) is 1. The maximum atomic E-state index is 12.1. The van der Waals surface area contributed by atoms with E-state index < -0.39 is 9.73 Å². The summed E-state index contributed by atoms with van der Waals surface area (Å²) in [6, 6.07) is 18.6. The Balaban J connectivity index is 1.85. The van der Waals surface area contributed by atoms with Crippen LogP contribution in [0.15, 0.2) is 77.0 Å². The van der Waals surface area contributed by atoms with Gasteiger partial charge in [0, 0.05) is 5.41 Å². The summed E-state index contributed by atoms with van der Waals surface area (Å²) in [5, 5.41) is 1.41. The molecule has 1 unspecified atom stereocenters. The van der Waals surface area contributed by atoms with Crippen molar-refractivity contribution in [1.82, 2.24) is 0 Å². The van der Waals surface area contributed by atoms with E-state index in [1.54, 1.807) is 30.3 Å². The Bertz CT molecular complexity index is 649. The van der Waals surface area contributed by atoms with Crippen LogP contribution in [-0.2, 0) is 21.1 Å². The average Bonchev–Trinajstić information content (AvgIpc) is 2.49. The third-order valence-corrected chi connectivity index (χ3v) is 4.26. The van der Waals surface area contributed by atoms with Crippen molar-refractivity contribution in [2.24, 2.45) is 0 Å². The second kappa shape index (κ2) is 7.03. The molecule has 2 aromatic carbocycles. The zero-order valence-corrected chi connectivity index (χ0v) is 11.9. The fraction of sp³-hybridized carbons (Fsp3) is 0.125. The Kier molecular flexibility index (Phi) is 5.09. The number of hydrogen-bond donors (Lipinski definition) is 1. The number of nitrogens with one attached hydrogen (secondary N) is 1. The van der Waals surface area contributed by atoms with Crippen LogP contribution in [0.25, 0.3) is 0 Å². The third-order valence-electron chi connectivity index (χ3n) is 2.71. The smallest absolute Gasteiger partial charge is 0.0940 e. The number of hydrogen-bond acceptors (Lipinski definition) is 3. The summed E-state index contributed by atoms with van der Waals surface area (Å²) in [6.45, 7) is 0.854. The van der Waals surface area contributed by atoms with Crippen molar-refractivity contribution in [2.75, 3.05) is 6.61 Å². The molecule has 0 spiro atoms. The SMILES string of the molecule is N=S(=O)(/C=C/COCc1ccccc1)c1ccccc1. The van der Waals surface area contributed by atoms with Crippen LogP contribution < -0.4 is 0 Å². The molecule has 0 saturated heterocycles. The van der Waals surface area contributed by atoms with E-state index in [4.69, 9.17) is 9.52 Å². The molecule has 0 aromatic heterocycles. The van der Waals surface area contributed by atoms with E-state index in [-0.39, 0.29) is 0 Å². The molecule has 2 rings (SSSR count). The first kappa shape index (κ1) is 14.5. The predicted molar refractivity (Wildman–Crippen MR) is 80.8 cm³/mol. The van der Waals surface area contributed by atoms with Crippen molar-refractivity contribution in [1.29, 1.82) is 4.78 Å². The second-order valence-corrected chi connectivity index (χ2v) is 6.23. The lowest BCUT2D eigenvalue weighted by Crippen LogP contribution is -1.96. The molecular weight excluding hydrogens is 270 g/mol. The molecule has 4 heteroatoms. The molecule has 0 aliphatic carbocycles. The molecule has 0 aliphatic rings. The summed E-state index contributed by atoms with van der Waals surface area (Å²) < 4.78 is 25.5. The first-order valence-corrected chi connectivity index (χ1v) is 7.93. The Hall–Kier alpha value is -1.91. The summed E-state index contributed by atoms with van der Waals surface area (Å²) in [6.07, 6.45) is 1.64. The number of benzene rings is 2. The van der Waals surface area contributed by atoms with Gasteiger partial charge in [0.2, 0.25) is 0 Å². The molecule has 0 fully saturated rings. The first-order chi connectivity index (χ1) is 9.68. The zero-order chi connectivity index (χ0) is 14.3. The summed E-state index contributed by atoms with van der Waals surface area (Å²) >= 11 is 0. The maximum absolute atomic E-state index is 12.1. The van der Waals surface area contributed by atoms with Crippen LogP contribution in [0.5, 0.6) is 0 Å². The molecule has 20 heavy (non-hydrogen) atoms. The van der Waals surface area contributed by atoms with Crippen LogP contribution in [-0.4, -0.2) is 10.8 Å². The van der Waals surface area contributed by atoms with Crippen LogP contribution in [0.3, 0.4) is 0 Å². The van der Waals surface area contributed by atoms with Gasteiger partial charge < -0.3 is 4.74 Å². The predicted octanol–water partition coefficient (Wildman–Crippen LogP) is 3.82. The fourth-order valence-corrected chi connectivity index (χ4v) is 2.76. The standard InChI is InChI=1S/C16H17NO2S/c17-20(18,16-10-5-2-6-11-16)13-7-12-19-14-15-8-3-1-4-9-15/h1-11,13,17H,12,14H2/b13-7+. The minimum absolute atomic E-state index is 0.345. The molecule has 0 aliphatic heterocycles. The Morgan fingerprint density at radius 2 is 1.60 bits per heavy atom. The van der Waals surface area contributed by atoms with Crippen molar-refractivity contribution < 1.29 is 8.95 Å². The van der Waals surface area contributed by atoms with Gasteiger partial charge in [0.15, 0.2) is 0 Å². The van der Waals surface area contributed by atoms with Gasteiger partial charge in [-0.1, -0.05) is 48.5 Å². The zero-order valence-electron chi connectivity index (χ0n) is 11.1. The lowest BCUT2D eigenvalue weighted by Gasteiger charge is -2.03. The normalized spacial score (nSPS) is 14.2. The maximum Gasteiger partial charge on any atom is 0.0940 e. The molecule has 0 saturated carbocycles. The van der Waals surface area contributed by atoms with E-state index in [0.717, 1.165) is 5.56 Å². The van der Waals surface area contributed by atoms with E-state index in [0.29, 0.717) is 18.1 Å². The van der Waals surface area contributed by atoms with Gasteiger partial charge in [-0.2, -0.15) is 0 Å². The van der Waals surface area contributed by atoms with E-state index in [1.807, 2.05) is 36.4 Å². The van der Waals surface area contributed by atoms with Gasteiger partial charge in [0.05, 0.1) is 27.8 Å². The van der Waals surface area contributed by atoms with E-state index >= 15 is 0 Å². The van der Waals surface area contributed by atoms with Gasteiger partial charge in [-0.15, -0.1) is 0 Å². The summed E-state index contributed by atoms with van der Waals surface area (Å²) in [4.78, 5) is 0.513. The van der Waals surface area contributed by atoms with Gasteiger partial charge in [0.1, 0.15) is 0 Å². The lowest BCUT2D eigenvalue weighted by atomic mass is 10.2. The molecule has 0 amide bonds. The minimum atomic E-state index is -2.87. The van der Waals surface area contributed by atoms with Crippen LogP contribution in [0.1, 0.15) is 5.56 Å². The highest BCUT2D eigenvalue weighted by Gasteiger charge is 2.03. The van der Waals surface area contributed by atoms with Crippen molar-refractivity contribution in [3.8, 4) is 0 Å². The van der Waals surface area contributed by atoms with Crippen LogP contribution in [0.2, 0.25) is 0 Å². The second-order valence-electron chi connectivity index (χ2n) is 4.29. The van der Waals surface area contributed by atoms with Crippen molar-refractivity contribution in [3.63, 3.8) is 0 Å². The first-order valence-electron chi connectivity index (χ1n) is 6.30. The molecule has 2 aromatic rings. The van der Waals surface area contributed by atoms with Crippen molar-refractivity contribution in [3.05, 3.63) is 77.7 Å². The highest BCUT2D eigenvalue weighted by molar-refractivity contribution is 7.95. The molecule has 0 bridgehead atoms. The summed E-state index contributed by atoms with van der Waals surface area (Å²) in [5.41, 5.74) is 1.09. The largest absolute Gasteiger partial charge is 0.373 e. The van der Waals surface area contributed by atoms with Gasteiger partial charge >= 0.3 is 0 Å². The Morgan fingerprint density at radius 1 is 1.00 bits per heavy atom. The van der Waals surface area contributed by atoms with Crippen molar-refractivity contribution >= 4 is 9.73 Å². The van der Waals surface area contributed by atoms with Gasteiger partial charge in [-0.3, -0.25) is 0 Å². The summed E-state index contributed by atoms with van der Waals surface area (Å²) in [5.74, 6) is 0. The molecule has 1 N–H and O–H groups in total. The van der Waals surface area contributed by atoms with Gasteiger partial charge in [0.25, 0.3) is 0 Å². The molecular formula is C16H17NO2S.